The van der Waals surface area contributed by atoms with Gasteiger partial charge in [-0.25, -0.2) is 9.97 Å². The van der Waals surface area contributed by atoms with Crippen LogP contribution in [0.4, 0.5) is 22.7 Å². The topological polar surface area (TPSA) is 224 Å². The van der Waals surface area contributed by atoms with Crippen LogP contribution in [0.2, 0.25) is 0 Å². The average Bonchev–Trinajstić information content (AvgIpc) is 1.53. The molecule has 19 aromatic rings. The van der Waals surface area contributed by atoms with E-state index < -0.39 is 16.2 Å². The first-order chi connectivity index (χ1) is 63.0. The number of hydrogen-bond donors (Lipinski definition) is 0. The number of aliphatic imine (C=N–C) groups is 4. The van der Waals surface area contributed by atoms with Gasteiger partial charge < -0.3 is 49.0 Å². The van der Waals surface area contributed by atoms with Crippen molar-refractivity contribution in [3.05, 3.63) is 295 Å². The minimum absolute atomic E-state index is 0. The van der Waals surface area contributed by atoms with E-state index in [2.05, 4.69) is 311 Å². The van der Waals surface area contributed by atoms with E-state index in [0.717, 1.165) is 213 Å². The predicted octanol–water partition coefficient (Wildman–Crippen LogP) is 26.0. The zero-order valence-corrected chi connectivity index (χ0v) is 92.4. The summed E-state index contributed by atoms with van der Waals surface area (Å²) in [5.74, 6) is 1.99. The second-order valence-electron chi connectivity index (χ2n) is 40.8. The monoisotopic (exact) mass is 2530 g/mol. The molecule has 8 aromatic carbocycles. The van der Waals surface area contributed by atoms with Gasteiger partial charge in [0.2, 0.25) is 0 Å². The average molecular weight is 2530 g/mol. The van der Waals surface area contributed by atoms with Crippen molar-refractivity contribution >= 4 is 145 Å². The van der Waals surface area contributed by atoms with Gasteiger partial charge in [-0.2, -0.15) is 0 Å². The van der Waals surface area contributed by atoms with Crippen molar-refractivity contribution in [3.63, 3.8) is 0 Å². The second kappa shape index (κ2) is 36.5. The molecule has 706 valence electrons. The Bertz CT molecular complexity index is 7770. The summed E-state index contributed by atoms with van der Waals surface area (Å²) in [6, 6.07) is 62.6. The number of aryl methyl sites for hydroxylation is 8. The van der Waals surface area contributed by atoms with Gasteiger partial charge in [0.1, 0.15) is 22.7 Å². The molecule has 0 saturated heterocycles. The van der Waals surface area contributed by atoms with Crippen LogP contribution < -0.4 is 39.9 Å². The number of rotatable bonds is 0. The molecular formula is C115H116N18Pt4. The standard InChI is InChI=1S/C35H36N4.C30H26N4.C28H32N6.C22H22N4.4Pt/c1-21-33(3,4)29-23-15-9-11-17-25(23)31(38-29)35(7,8)32-26-18-12-10-16-24(26)30(39-32)34(5,6)22(2)37-28-20-14-13-19-27(28)36-21;1-29(2)17-31-23-15-9-10-16-24(23)32-18-30(3,4)28-22-14-8-6-12-20(22)26(34-28)25-19-11-5-7-13-21(19)27(29)33-25;1-13-15(3)23-27(5,6)25-31-21-17(33(25)9)11-12-18-22(21)32-26(34(18)10)28(7,8)24-16(4)14(2)20(30-24)19(13)29-23;1-11-13(3)21-22-14(4)12(2)20(26-22)16(6)24-18-10-8-7-9-17(18)23-15(5)19(11)25-21;;;;/h9-20H,1-8H3;5-18H,1-4H3;11-12H,1-10H3;7-10H,1-6H3;;;;/q4*-2;4*+2. The predicted molar refractivity (Wildman–Crippen MR) is 551 cm³/mol. The van der Waals surface area contributed by atoms with E-state index in [9.17, 15) is 0 Å². The Labute approximate surface area is 860 Å². The molecule has 0 N–H and O–H groups in total. The van der Waals surface area contributed by atoms with Crippen molar-refractivity contribution in [3.8, 4) is 22.8 Å². The van der Waals surface area contributed by atoms with Crippen LogP contribution in [-0.4, -0.2) is 52.9 Å². The van der Waals surface area contributed by atoms with Crippen molar-refractivity contribution < 1.29 is 84.3 Å². The Balaban J connectivity index is 0.000000138. The molecule has 20 bridgehead atoms. The van der Waals surface area contributed by atoms with E-state index in [0.29, 0.717) is 0 Å². The number of fused-ring (bicyclic) bond motifs is 36. The van der Waals surface area contributed by atoms with E-state index in [4.69, 9.17) is 79.8 Å². The first-order valence-corrected chi connectivity index (χ1v) is 46.3. The largest absolute Gasteiger partial charge is 2.00 e. The second-order valence-corrected chi connectivity index (χ2v) is 40.8. The zero-order valence-electron chi connectivity index (χ0n) is 83.3. The quantitative estimate of drug-likeness (QED) is 0.138. The van der Waals surface area contributed by atoms with E-state index in [-0.39, 0.29) is 106 Å². The maximum absolute atomic E-state index is 5.45. The SMILES string of the molecule is CC1(C)C=Nc2ccccc2N=CC(C)(C)c2[n-]c(c3ccccc23)-c2[n-]c1c1ccccc21.CC1=Nc2ccccc2N=C(C)C(C)(C)c2[n-]c(c3ccccc23)C(C)(C)c2[n-]c(c3ccccc23)C1(C)C.Cc1c2[n-]c(c1C)C(C)(C)c1nc3c4nc(n(C)c4ccc3n1C)C(C)(C)c1[n-]c-2c(C)c1C.Cc1nc2ccccc2nc(C)c2[n-]c(c(C)c2C)c2[n-]c1c(C)c2C.[Pt+2].[Pt+2].[Pt+2].[Pt+2]. The van der Waals surface area contributed by atoms with Crippen LogP contribution in [0.3, 0.4) is 0 Å². The molecule has 14 heterocycles. The first kappa shape index (κ1) is 100. The molecule has 18 nitrogen and oxygen atoms in total. The summed E-state index contributed by atoms with van der Waals surface area (Å²) >= 11 is 0. The third-order valence-electron chi connectivity index (χ3n) is 29.4. The number of nitrogens with zero attached hydrogens (tertiary/aromatic N) is 18. The summed E-state index contributed by atoms with van der Waals surface area (Å²) in [7, 11) is 4.21. The Hall–Kier alpha value is -11.2. The molecule has 0 unspecified atom stereocenters. The van der Waals surface area contributed by atoms with Crippen LogP contribution >= 0.6 is 0 Å². The summed E-state index contributed by atoms with van der Waals surface area (Å²) in [4.78, 5) is 82.1. The molecule has 22 rings (SSSR count). The van der Waals surface area contributed by atoms with Crippen LogP contribution in [0.25, 0.3) is 121 Å². The normalized spacial score (nSPS) is 15.5. The molecule has 11 aromatic heterocycles. The Morgan fingerprint density at radius 1 is 0.241 bits per heavy atom. The summed E-state index contributed by atoms with van der Waals surface area (Å²) in [5.41, 5.74) is 35.7. The molecular weight excluding hydrogens is 2410 g/mol. The van der Waals surface area contributed by atoms with Gasteiger partial charge in [-0.05, 0) is 180 Å². The smallest absolute Gasteiger partial charge is 0.662 e. The fourth-order valence-electron chi connectivity index (χ4n) is 20.5. The van der Waals surface area contributed by atoms with E-state index >= 15 is 0 Å². The number of aromatic nitrogens is 14. The molecule has 0 spiro atoms. The van der Waals surface area contributed by atoms with Gasteiger partial charge in [0.15, 0.2) is 0 Å². The molecule has 0 atom stereocenters. The van der Waals surface area contributed by atoms with Crippen molar-refractivity contribution in [2.45, 2.75) is 218 Å². The van der Waals surface area contributed by atoms with Crippen molar-refractivity contribution in [1.29, 1.82) is 0 Å². The number of para-hydroxylation sites is 6. The van der Waals surface area contributed by atoms with Crippen LogP contribution in [-0.2, 0) is 136 Å². The third-order valence-corrected chi connectivity index (χ3v) is 29.4. The number of imidazole rings is 2. The summed E-state index contributed by atoms with van der Waals surface area (Å²) in [6.45, 7) is 56.4. The molecule has 0 amide bonds. The van der Waals surface area contributed by atoms with Gasteiger partial charge >= 0.3 is 84.3 Å². The molecule has 0 radical (unpaired) electrons. The third kappa shape index (κ3) is 16.4. The summed E-state index contributed by atoms with van der Waals surface area (Å²) in [5, 5.41) is 9.22. The fourth-order valence-corrected chi connectivity index (χ4v) is 20.5. The van der Waals surface area contributed by atoms with Gasteiger partial charge in [-0.15, -0.1) is 90.4 Å². The van der Waals surface area contributed by atoms with Crippen molar-refractivity contribution in [1.82, 2.24) is 68.9 Å². The van der Waals surface area contributed by atoms with E-state index in [1.165, 1.54) is 54.9 Å². The van der Waals surface area contributed by atoms with Gasteiger partial charge in [0, 0.05) is 81.8 Å². The Morgan fingerprint density at radius 3 is 0.854 bits per heavy atom. The van der Waals surface area contributed by atoms with Crippen molar-refractivity contribution in [2.75, 3.05) is 0 Å². The number of benzene rings is 8. The molecule has 3 aliphatic rings. The fraction of sp³-hybridized carbons (Fsp3) is 0.304. The molecule has 0 saturated carbocycles. The molecule has 0 fully saturated rings. The minimum atomic E-state index is -0.429. The van der Waals surface area contributed by atoms with Crippen molar-refractivity contribution in [2.24, 2.45) is 34.1 Å². The molecule has 0 aliphatic carbocycles. The first-order valence-electron chi connectivity index (χ1n) is 46.3. The summed E-state index contributed by atoms with van der Waals surface area (Å²) in [6.07, 6.45) is 4.00. The number of hydrogen-bond acceptors (Lipinski definition) is 8. The van der Waals surface area contributed by atoms with E-state index in [1.807, 2.05) is 86.9 Å². The van der Waals surface area contributed by atoms with Crippen LogP contribution in [0, 0.1) is 69.2 Å². The van der Waals surface area contributed by atoms with Crippen LogP contribution in [0.15, 0.2) is 202 Å². The van der Waals surface area contributed by atoms with E-state index in [1.54, 1.807) is 0 Å². The maximum Gasteiger partial charge on any atom is 2.00 e. The molecule has 137 heavy (non-hydrogen) atoms. The summed E-state index contributed by atoms with van der Waals surface area (Å²) < 4.78 is 4.43. The van der Waals surface area contributed by atoms with Crippen LogP contribution in [0.5, 0.6) is 0 Å². The zero-order chi connectivity index (χ0) is 94.3. The minimum Gasteiger partial charge on any atom is -0.662 e. The Kier molecular flexibility index (Phi) is 26.7. The van der Waals surface area contributed by atoms with Gasteiger partial charge in [-0.3, -0.25) is 29.9 Å². The maximum atomic E-state index is 5.45. The van der Waals surface area contributed by atoms with Crippen LogP contribution in [0.1, 0.15) is 224 Å². The molecule has 3 aliphatic heterocycles. The van der Waals surface area contributed by atoms with Gasteiger partial charge in [0.05, 0.1) is 44.8 Å². The molecule has 22 heteroatoms. The Morgan fingerprint density at radius 2 is 0.518 bits per heavy atom. The van der Waals surface area contributed by atoms with Gasteiger partial charge in [-0.1, -0.05) is 275 Å². The van der Waals surface area contributed by atoms with Gasteiger partial charge in [0.25, 0.3) is 0 Å².